The molecule has 194 valence electrons. The maximum absolute atomic E-state index is 9.63. The zero-order chi connectivity index (χ0) is 27.2. The van der Waals surface area contributed by atoms with Crippen LogP contribution in [-0.4, -0.2) is 50.7 Å². The van der Waals surface area contributed by atoms with Crippen molar-refractivity contribution in [2.45, 2.75) is 49.4 Å². The third kappa shape index (κ3) is 5.80. The van der Waals surface area contributed by atoms with E-state index in [-0.39, 0.29) is 5.92 Å². The summed E-state index contributed by atoms with van der Waals surface area (Å²) in [4.78, 5) is 13.6. The molecule has 0 unspecified atom stereocenters. The zero-order valence-corrected chi connectivity index (χ0v) is 22.9. The van der Waals surface area contributed by atoms with Gasteiger partial charge in [0, 0.05) is 38.7 Å². The molecular weight excluding hydrogens is 494 g/mol. The molecule has 4 heterocycles. The predicted molar refractivity (Wildman–Crippen MR) is 148 cm³/mol. The summed E-state index contributed by atoms with van der Waals surface area (Å²) in [5.74, 6) is 0.204. The first kappa shape index (κ1) is 27.1. The Kier molecular flexibility index (Phi) is 8.62. The van der Waals surface area contributed by atoms with Crippen molar-refractivity contribution in [3.8, 4) is 23.3 Å². The second-order valence-corrected chi connectivity index (χ2v) is 10.9. The molecule has 4 aromatic rings. The van der Waals surface area contributed by atoms with Crippen molar-refractivity contribution in [1.29, 1.82) is 10.5 Å². The highest BCUT2D eigenvalue weighted by Gasteiger charge is 2.22. The molecule has 0 bridgehead atoms. The van der Waals surface area contributed by atoms with Crippen LogP contribution in [-0.2, 0) is 4.79 Å². The van der Waals surface area contributed by atoms with Gasteiger partial charge in [-0.25, -0.2) is 4.52 Å². The second-order valence-electron chi connectivity index (χ2n) is 9.77. The molecule has 0 N–H and O–H groups in total. The summed E-state index contributed by atoms with van der Waals surface area (Å²) in [7, 11) is 2.16. The van der Waals surface area contributed by atoms with Crippen LogP contribution >= 0.6 is 11.8 Å². The first-order chi connectivity index (χ1) is 18.4. The van der Waals surface area contributed by atoms with Gasteiger partial charge < -0.3 is 9.69 Å². The Morgan fingerprint density at radius 3 is 2.39 bits per heavy atom. The van der Waals surface area contributed by atoms with Crippen molar-refractivity contribution < 1.29 is 4.79 Å². The standard InChI is InChI=1S/C25H23N7S.C4H8O/c1-17-22(15-29-32(17)21-7-9-30(2)10-8-21)19-11-24(25-20(13-27)14-28-31(25)16-19)33-23-6-4-3-5-18(23)12-26;1-4(2)3-5/h3-6,11,14-16,21H,7-10H2,1-2H3;3-4H,1-2H3. The minimum absolute atomic E-state index is 0.204. The van der Waals surface area contributed by atoms with E-state index in [4.69, 9.17) is 5.10 Å². The van der Waals surface area contributed by atoms with E-state index in [1.165, 1.54) is 11.8 Å². The van der Waals surface area contributed by atoms with Crippen molar-refractivity contribution >= 4 is 23.6 Å². The molecular formula is C29H31N7OS. The first-order valence-corrected chi connectivity index (χ1v) is 13.4. The van der Waals surface area contributed by atoms with Gasteiger partial charge in [0.15, 0.2) is 0 Å². The highest BCUT2D eigenvalue weighted by molar-refractivity contribution is 7.99. The number of benzene rings is 1. The van der Waals surface area contributed by atoms with Gasteiger partial charge in [0.05, 0.1) is 35.1 Å². The van der Waals surface area contributed by atoms with Crippen LogP contribution in [0.1, 0.15) is 49.6 Å². The van der Waals surface area contributed by atoms with Gasteiger partial charge in [-0.3, -0.25) is 4.68 Å². The van der Waals surface area contributed by atoms with Gasteiger partial charge in [0.2, 0.25) is 0 Å². The number of piperidine rings is 1. The highest BCUT2D eigenvalue weighted by atomic mass is 32.2. The van der Waals surface area contributed by atoms with E-state index in [0.29, 0.717) is 17.2 Å². The quantitative estimate of drug-likeness (QED) is 0.317. The molecule has 1 aliphatic rings. The number of nitriles is 2. The lowest BCUT2D eigenvalue weighted by Crippen LogP contribution is -2.32. The van der Waals surface area contributed by atoms with Gasteiger partial charge in [-0.2, -0.15) is 20.7 Å². The van der Waals surface area contributed by atoms with E-state index in [2.05, 4.69) is 46.9 Å². The zero-order valence-electron chi connectivity index (χ0n) is 22.1. The molecule has 1 saturated heterocycles. The van der Waals surface area contributed by atoms with E-state index >= 15 is 0 Å². The van der Waals surface area contributed by atoms with Crippen LogP contribution in [0.25, 0.3) is 16.6 Å². The number of rotatable bonds is 5. The lowest BCUT2D eigenvalue weighted by Gasteiger charge is -2.29. The molecule has 0 atom stereocenters. The molecule has 1 aliphatic heterocycles. The van der Waals surface area contributed by atoms with E-state index < -0.39 is 0 Å². The fraction of sp³-hybridized carbons (Fsp3) is 0.345. The molecule has 0 saturated carbocycles. The number of carbonyl (C=O) groups is 1. The fourth-order valence-corrected chi connectivity index (χ4v) is 5.57. The number of hydrogen-bond acceptors (Lipinski definition) is 7. The number of aromatic nitrogens is 4. The number of pyridine rings is 1. The van der Waals surface area contributed by atoms with Crippen LogP contribution in [0.3, 0.4) is 0 Å². The second kappa shape index (κ2) is 12.1. The Balaban J connectivity index is 0.000000617. The number of likely N-dealkylation sites (tertiary alicyclic amines) is 1. The van der Waals surface area contributed by atoms with Crippen LogP contribution < -0.4 is 0 Å². The van der Waals surface area contributed by atoms with E-state index in [1.807, 2.05) is 44.4 Å². The Bertz CT molecular complexity index is 1510. The van der Waals surface area contributed by atoms with Crippen LogP contribution in [0.4, 0.5) is 0 Å². The monoisotopic (exact) mass is 525 g/mol. The van der Waals surface area contributed by atoms with Gasteiger partial charge in [0.25, 0.3) is 0 Å². The Hall–Kier alpha value is -3.92. The number of carbonyl (C=O) groups excluding carboxylic acids is 1. The number of nitrogens with zero attached hydrogens (tertiary/aromatic N) is 7. The van der Waals surface area contributed by atoms with E-state index in [1.54, 1.807) is 16.8 Å². The van der Waals surface area contributed by atoms with Crippen molar-refractivity contribution in [1.82, 2.24) is 24.3 Å². The van der Waals surface area contributed by atoms with Gasteiger partial charge >= 0.3 is 0 Å². The van der Waals surface area contributed by atoms with Crippen molar-refractivity contribution in [3.63, 3.8) is 0 Å². The van der Waals surface area contributed by atoms with Gasteiger partial charge in [-0.1, -0.05) is 37.7 Å². The first-order valence-electron chi connectivity index (χ1n) is 12.6. The van der Waals surface area contributed by atoms with Crippen molar-refractivity contribution in [2.24, 2.45) is 5.92 Å². The molecule has 1 fully saturated rings. The molecule has 5 rings (SSSR count). The van der Waals surface area contributed by atoms with Crippen LogP contribution in [0.15, 0.2) is 58.7 Å². The molecule has 1 aromatic carbocycles. The lowest BCUT2D eigenvalue weighted by atomic mass is 10.0. The maximum atomic E-state index is 9.63. The Labute approximate surface area is 227 Å². The summed E-state index contributed by atoms with van der Waals surface area (Å²) >= 11 is 1.49. The third-order valence-electron chi connectivity index (χ3n) is 6.59. The number of aldehydes is 1. The van der Waals surface area contributed by atoms with Crippen LogP contribution in [0, 0.1) is 35.5 Å². The molecule has 8 nitrogen and oxygen atoms in total. The normalized spacial score (nSPS) is 14.1. The molecule has 0 aliphatic carbocycles. The molecule has 3 aromatic heterocycles. The smallest absolute Gasteiger partial charge is 0.122 e. The Morgan fingerprint density at radius 2 is 1.74 bits per heavy atom. The highest BCUT2D eigenvalue weighted by Crippen LogP contribution is 2.38. The molecule has 0 amide bonds. The summed E-state index contributed by atoms with van der Waals surface area (Å²) in [6, 6.07) is 14.5. The van der Waals surface area contributed by atoms with Crippen LogP contribution in [0.5, 0.6) is 0 Å². The average Bonchev–Trinajstić information content (AvgIpc) is 3.53. The summed E-state index contributed by atoms with van der Waals surface area (Å²) in [5, 5.41) is 28.4. The van der Waals surface area contributed by atoms with E-state index in [9.17, 15) is 15.3 Å². The summed E-state index contributed by atoms with van der Waals surface area (Å²) in [5.41, 5.74) is 5.04. The van der Waals surface area contributed by atoms with Gasteiger partial charge in [-0.15, -0.1) is 0 Å². The van der Waals surface area contributed by atoms with E-state index in [0.717, 1.165) is 64.3 Å². The minimum Gasteiger partial charge on any atom is -0.306 e. The van der Waals surface area contributed by atoms with Gasteiger partial charge in [0.1, 0.15) is 18.4 Å². The molecule has 38 heavy (non-hydrogen) atoms. The topological polar surface area (TPSA) is 103 Å². The van der Waals surface area contributed by atoms with Crippen molar-refractivity contribution in [3.05, 3.63) is 65.7 Å². The fourth-order valence-electron chi connectivity index (χ4n) is 4.47. The third-order valence-corrected chi connectivity index (χ3v) is 7.69. The number of fused-ring (bicyclic) bond motifs is 1. The SMILES string of the molecule is CC(C)C=O.Cc1c(-c2cc(Sc3ccccc3C#N)c3c(C#N)cnn3c2)cnn1C1CCN(C)CC1. The predicted octanol–water partition coefficient (Wildman–Crippen LogP) is 5.51. The maximum Gasteiger partial charge on any atom is 0.122 e. The van der Waals surface area contributed by atoms with Crippen molar-refractivity contribution in [2.75, 3.05) is 20.1 Å². The largest absolute Gasteiger partial charge is 0.306 e. The van der Waals surface area contributed by atoms with Gasteiger partial charge in [-0.05, 0) is 58.1 Å². The summed E-state index contributed by atoms with van der Waals surface area (Å²) in [6.07, 6.45) is 8.58. The Morgan fingerprint density at radius 1 is 1.05 bits per heavy atom. The molecule has 0 radical (unpaired) electrons. The number of hydrogen-bond donors (Lipinski definition) is 0. The molecule has 0 spiro atoms. The summed E-state index contributed by atoms with van der Waals surface area (Å²) < 4.78 is 3.92. The summed E-state index contributed by atoms with van der Waals surface area (Å²) in [6.45, 7) is 7.98. The minimum atomic E-state index is 0.204. The average molecular weight is 526 g/mol. The molecule has 9 heteroatoms. The lowest BCUT2D eigenvalue weighted by molar-refractivity contribution is -0.110. The van der Waals surface area contributed by atoms with Crippen LogP contribution in [0.2, 0.25) is 0 Å².